The van der Waals surface area contributed by atoms with E-state index in [2.05, 4.69) is 6.58 Å². The Morgan fingerprint density at radius 1 is 1.29 bits per heavy atom. The quantitative estimate of drug-likeness (QED) is 0.709. The van der Waals surface area contributed by atoms with Crippen LogP contribution in [0, 0.1) is 0 Å². The van der Waals surface area contributed by atoms with Crippen molar-refractivity contribution in [1.29, 1.82) is 0 Å². The number of benzene rings is 1. The molecule has 0 unspecified atom stereocenters. The van der Waals surface area contributed by atoms with Crippen LogP contribution in [0.15, 0.2) is 18.7 Å². The predicted molar refractivity (Wildman–Crippen MR) is 57.2 cm³/mol. The molecular weight excluding hydrogens is 200 g/mol. The molecule has 0 atom stereocenters. The Morgan fingerprint density at radius 3 is 2.86 bits per heavy atom. The van der Waals surface area contributed by atoms with Crippen molar-refractivity contribution >= 4 is 17.7 Å². The third-order valence-corrected chi connectivity index (χ3v) is 2.34. The predicted octanol–water partition coefficient (Wildman–Crippen LogP) is 3.14. The molecule has 0 fully saturated rings. The number of fused-ring (bicyclic) bond motifs is 1. The van der Waals surface area contributed by atoms with E-state index in [1.165, 1.54) is 0 Å². The molecule has 2 nitrogen and oxygen atoms in total. The van der Waals surface area contributed by atoms with Gasteiger partial charge in [0.05, 0.1) is 18.2 Å². The van der Waals surface area contributed by atoms with Crippen molar-refractivity contribution in [3.63, 3.8) is 0 Å². The Bertz CT molecular complexity index is 361. The highest BCUT2D eigenvalue weighted by Gasteiger charge is 2.14. The van der Waals surface area contributed by atoms with Gasteiger partial charge in [0, 0.05) is 6.42 Å². The van der Waals surface area contributed by atoms with Crippen LogP contribution in [0.5, 0.6) is 11.5 Å². The molecule has 0 radical (unpaired) electrons. The lowest BCUT2D eigenvalue weighted by Gasteiger charge is -2.09. The number of ether oxygens (including phenoxy) is 2. The van der Waals surface area contributed by atoms with E-state index >= 15 is 0 Å². The Kier molecular flexibility index (Phi) is 2.64. The Balaban J connectivity index is 2.48. The molecule has 0 amide bonds. The molecule has 0 spiro atoms. The monoisotopic (exact) mass is 210 g/mol. The zero-order chi connectivity index (χ0) is 9.97. The average molecular weight is 211 g/mol. The number of rotatable bonds is 1. The molecule has 74 valence electrons. The molecule has 0 N–H and O–H groups in total. The van der Waals surface area contributed by atoms with Crippen LogP contribution in [-0.4, -0.2) is 13.2 Å². The molecule has 0 aliphatic carbocycles. The van der Waals surface area contributed by atoms with Gasteiger partial charge in [-0.3, -0.25) is 0 Å². The largest absolute Gasteiger partial charge is 0.489 e. The standard InChI is InChI=1S/C11H11ClO2/c1-2-8-6-9(12)11-10(7-8)13-4-3-5-14-11/h2,6-7H,1,3-5H2. The van der Waals surface area contributed by atoms with E-state index in [4.69, 9.17) is 21.1 Å². The minimum atomic E-state index is 0.583. The Morgan fingerprint density at radius 2 is 2.07 bits per heavy atom. The molecule has 0 saturated carbocycles. The van der Waals surface area contributed by atoms with Gasteiger partial charge in [-0.15, -0.1) is 0 Å². The third-order valence-electron chi connectivity index (χ3n) is 2.06. The van der Waals surface area contributed by atoms with Crippen molar-refractivity contribution in [2.24, 2.45) is 0 Å². The summed E-state index contributed by atoms with van der Waals surface area (Å²) in [5.74, 6) is 1.36. The topological polar surface area (TPSA) is 18.5 Å². The fourth-order valence-corrected chi connectivity index (χ4v) is 1.64. The summed E-state index contributed by atoms with van der Waals surface area (Å²) < 4.78 is 11.0. The number of hydrogen-bond donors (Lipinski definition) is 0. The summed E-state index contributed by atoms with van der Waals surface area (Å²) in [6, 6.07) is 3.71. The van der Waals surface area contributed by atoms with Crippen LogP contribution < -0.4 is 9.47 Å². The van der Waals surface area contributed by atoms with Gasteiger partial charge < -0.3 is 9.47 Å². The molecule has 1 aromatic carbocycles. The maximum atomic E-state index is 6.05. The average Bonchev–Trinajstić information content (AvgIpc) is 2.42. The van der Waals surface area contributed by atoms with Gasteiger partial charge in [-0.25, -0.2) is 0 Å². The highest BCUT2D eigenvalue weighted by Crippen LogP contribution is 2.38. The summed E-state index contributed by atoms with van der Waals surface area (Å²) in [4.78, 5) is 0. The lowest BCUT2D eigenvalue weighted by molar-refractivity contribution is 0.297. The summed E-state index contributed by atoms with van der Waals surface area (Å²) in [6.45, 7) is 5.01. The highest BCUT2D eigenvalue weighted by molar-refractivity contribution is 6.32. The van der Waals surface area contributed by atoms with E-state index < -0.39 is 0 Å². The lowest BCUT2D eigenvalue weighted by atomic mass is 10.2. The maximum Gasteiger partial charge on any atom is 0.179 e. The summed E-state index contributed by atoms with van der Waals surface area (Å²) in [5.41, 5.74) is 0.944. The minimum Gasteiger partial charge on any atom is -0.489 e. The summed E-state index contributed by atoms with van der Waals surface area (Å²) in [6.07, 6.45) is 2.62. The summed E-state index contributed by atoms with van der Waals surface area (Å²) in [5, 5.41) is 0.583. The van der Waals surface area contributed by atoms with Crippen molar-refractivity contribution < 1.29 is 9.47 Å². The SMILES string of the molecule is C=Cc1cc(Cl)c2c(c1)OCCCO2. The molecule has 0 bridgehead atoms. The minimum absolute atomic E-state index is 0.583. The van der Waals surface area contributed by atoms with Crippen molar-refractivity contribution in [2.75, 3.05) is 13.2 Å². The maximum absolute atomic E-state index is 6.05. The van der Waals surface area contributed by atoms with Gasteiger partial charge in [0.25, 0.3) is 0 Å². The third kappa shape index (κ3) is 1.70. The van der Waals surface area contributed by atoms with Crippen LogP contribution >= 0.6 is 11.6 Å². The first kappa shape index (κ1) is 9.41. The smallest absolute Gasteiger partial charge is 0.179 e. The molecule has 2 rings (SSSR count). The van der Waals surface area contributed by atoms with Crippen LogP contribution in [-0.2, 0) is 0 Å². The van der Waals surface area contributed by atoms with E-state index in [-0.39, 0.29) is 0 Å². The van der Waals surface area contributed by atoms with Gasteiger partial charge in [-0.1, -0.05) is 24.3 Å². The molecule has 1 aromatic rings. The first-order chi connectivity index (χ1) is 6.81. The van der Waals surface area contributed by atoms with Crippen molar-refractivity contribution in [3.05, 3.63) is 29.3 Å². The molecule has 14 heavy (non-hydrogen) atoms. The highest BCUT2D eigenvalue weighted by atomic mass is 35.5. The van der Waals surface area contributed by atoms with E-state index in [1.807, 2.05) is 12.1 Å². The molecule has 3 heteroatoms. The number of halogens is 1. The molecule has 0 saturated heterocycles. The van der Waals surface area contributed by atoms with Crippen LogP contribution in [0.4, 0.5) is 0 Å². The van der Waals surface area contributed by atoms with Gasteiger partial charge in [0.1, 0.15) is 0 Å². The van der Waals surface area contributed by atoms with E-state index in [9.17, 15) is 0 Å². The molecular formula is C11H11ClO2. The van der Waals surface area contributed by atoms with Crippen molar-refractivity contribution in [1.82, 2.24) is 0 Å². The Labute approximate surface area is 88.1 Å². The second-order valence-corrected chi connectivity index (χ2v) is 3.49. The van der Waals surface area contributed by atoms with Crippen LogP contribution in [0.25, 0.3) is 6.08 Å². The van der Waals surface area contributed by atoms with E-state index in [1.54, 1.807) is 6.08 Å². The van der Waals surface area contributed by atoms with Crippen molar-refractivity contribution in [3.8, 4) is 11.5 Å². The van der Waals surface area contributed by atoms with Gasteiger partial charge in [-0.05, 0) is 17.7 Å². The molecule has 1 aliphatic heterocycles. The fraction of sp³-hybridized carbons (Fsp3) is 0.273. The van der Waals surface area contributed by atoms with Crippen LogP contribution in [0.3, 0.4) is 0 Å². The lowest BCUT2D eigenvalue weighted by Crippen LogP contribution is -1.97. The fourth-order valence-electron chi connectivity index (χ4n) is 1.37. The van der Waals surface area contributed by atoms with Gasteiger partial charge in [0.15, 0.2) is 11.5 Å². The first-order valence-corrected chi connectivity index (χ1v) is 4.90. The first-order valence-electron chi connectivity index (χ1n) is 4.53. The molecule has 0 aromatic heterocycles. The molecule has 1 heterocycles. The number of hydrogen-bond acceptors (Lipinski definition) is 2. The van der Waals surface area contributed by atoms with Gasteiger partial charge in [-0.2, -0.15) is 0 Å². The zero-order valence-corrected chi connectivity index (χ0v) is 8.51. The van der Waals surface area contributed by atoms with Crippen LogP contribution in [0.1, 0.15) is 12.0 Å². The van der Waals surface area contributed by atoms with Crippen molar-refractivity contribution in [2.45, 2.75) is 6.42 Å². The van der Waals surface area contributed by atoms with Crippen LogP contribution in [0.2, 0.25) is 5.02 Å². The van der Waals surface area contributed by atoms with E-state index in [0.29, 0.717) is 29.7 Å². The second kappa shape index (κ2) is 3.93. The van der Waals surface area contributed by atoms with E-state index in [0.717, 1.165) is 12.0 Å². The van der Waals surface area contributed by atoms with Gasteiger partial charge in [0.2, 0.25) is 0 Å². The normalized spacial score (nSPS) is 14.6. The second-order valence-electron chi connectivity index (χ2n) is 3.08. The summed E-state index contributed by atoms with van der Waals surface area (Å²) >= 11 is 6.05. The Hall–Kier alpha value is -1.15. The zero-order valence-electron chi connectivity index (χ0n) is 7.75. The molecule has 1 aliphatic rings. The summed E-state index contributed by atoms with van der Waals surface area (Å²) in [7, 11) is 0. The van der Waals surface area contributed by atoms with Gasteiger partial charge >= 0.3 is 0 Å².